The van der Waals surface area contributed by atoms with Crippen LogP contribution in [0.1, 0.15) is 32.3 Å². The molecule has 0 saturated carbocycles. The van der Waals surface area contributed by atoms with Crippen molar-refractivity contribution in [3.05, 3.63) is 94.6 Å². The van der Waals surface area contributed by atoms with E-state index in [-0.39, 0.29) is 0 Å². The number of ether oxygens (including phenoxy) is 2. The second kappa shape index (κ2) is 13.1. The number of para-hydroxylation sites is 1. The molecule has 1 atom stereocenters. The smallest absolute Gasteiger partial charge is 0.281 e. The summed E-state index contributed by atoms with van der Waals surface area (Å²) in [4.78, 5) is 12.8. The molecule has 0 fully saturated rings. The zero-order valence-corrected chi connectivity index (χ0v) is 22.6. The van der Waals surface area contributed by atoms with E-state index in [0.29, 0.717) is 34.5 Å². The number of halogens is 2. The van der Waals surface area contributed by atoms with Crippen LogP contribution in [0, 0.1) is 0 Å². The van der Waals surface area contributed by atoms with Gasteiger partial charge >= 0.3 is 0 Å². The Morgan fingerprint density at radius 2 is 1.84 bits per heavy atom. The van der Waals surface area contributed by atoms with Crippen molar-refractivity contribution in [2.24, 2.45) is 5.10 Å². The predicted molar refractivity (Wildman–Crippen MR) is 152 cm³/mol. The molecule has 1 amide bonds. The fraction of sp³-hybridized carbons (Fsp3) is 0.207. The van der Waals surface area contributed by atoms with E-state index in [1.165, 1.54) is 0 Å². The number of rotatable bonds is 11. The van der Waals surface area contributed by atoms with Gasteiger partial charge in [0.2, 0.25) is 0 Å². The summed E-state index contributed by atoms with van der Waals surface area (Å²) in [5, 5.41) is 9.80. The van der Waals surface area contributed by atoms with Gasteiger partial charge in [-0.15, -0.1) is 0 Å². The summed E-state index contributed by atoms with van der Waals surface area (Å²) in [6.45, 7) is 4.57. The molecule has 38 heavy (non-hydrogen) atoms. The molecule has 0 spiro atoms. The molecule has 196 valence electrons. The zero-order chi connectivity index (χ0) is 26.9. The van der Waals surface area contributed by atoms with Crippen LogP contribution in [-0.2, 0) is 4.79 Å². The number of amides is 1. The molecule has 1 aromatic heterocycles. The van der Waals surface area contributed by atoms with E-state index >= 15 is 0 Å². The lowest BCUT2D eigenvalue weighted by molar-refractivity contribution is -0.128. The topological polar surface area (TPSA) is 77.7 Å². The molecule has 4 aromatic rings. The third-order valence-corrected chi connectivity index (χ3v) is 6.10. The number of benzene rings is 3. The van der Waals surface area contributed by atoms with E-state index in [1.807, 2.05) is 67.7 Å². The Bertz CT molecular complexity index is 1390. The van der Waals surface area contributed by atoms with Gasteiger partial charge in [0, 0.05) is 22.3 Å². The van der Waals surface area contributed by atoms with Crippen molar-refractivity contribution in [3.8, 4) is 28.4 Å². The number of nitrogens with one attached hydrogen (secondary N) is 1. The Balaban J connectivity index is 1.54. The predicted octanol–water partition coefficient (Wildman–Crippen LogP) is 6.94. The van der Waals surface area contributed by atoms with Crippen molar-refractivity contribution in [3.63, 3.8) is 0 Å². The van der Waals surface area contributed by atoms with Gasteiger partial charge in [0.25, 0.3) is 5.91 Å². The normalized spacial score (nSPS) is 11.9. The van der Waals surface area contributed by atoms with Crippen LogP contribution in [0.4, 0.5) is 0 Å². The molecule has 9 heteroatoms. The molecule has 0 saturated heterocycles. The highest BCUT2D eigenvalue weighted by Gasteiger charge is 2.19. The average Bonchev–Trinajstić information content (AvgIpc) is 3.36. The van der Waals surface area contributed by atoms with E-state index in [9.17, 15) is 4.79 Å². The van der Waals surface area contributed by atoms with E-state index in [2.05, 4.69) is 17.5 Å². The van der Waals surface area contributed by atoms with E-state index in [1.54, 1.807) is 29.1 Å². The van der Waals surface area contributed by atoms with Crippen LogP contribution in [-0.4, -0.2) is 34.6 Å². The lowest BCUT2D eigenvalue weighted by atomic mass is 10.1. The lowest BCUT2D eigenvalue weighted by Crippen LogP contribution is -2.35. The molecule has 1 unspecified atom stereocenters. The Morgan fingerprint density at radius 1 is 1.08 bits per heavy atom. The quantitative estimate of drug-likeness (QED) is 0.162. The van der Waals surface area contributed by atoms with Crippen molar-refractivity contribution in [1.29, 1.82) is 0 Å². The summed E-state index contributed by atoms with van der Waals surface area (Å²) in [5.74, 6) is 0.774. The summed E-state index contributed by atoms with van der Waals surface area (Å²) in [6.07, 6.45) is 4.01. The molecule has 4 rings (SSSR count). The maximum Gasteiger partial charge on any atom is 0.281 e. The Morgan fingerprint density at radius 3 is 2.53 bits per heavy atom. The van der Waals surface area contributed by atoms with Crippen molar-refractivity contribution < 1.29 is 14.3 Å². The third-order valence-electron chi connectivity index (χ3n) is 5.57. The first-order valence-corrected chi connectivity index (χ1v) is 13.1. The molecule has 0 aliphatic rings. The number of hydrogen-bond acceptors (Lipinski definition) is 5. The average molecular weight is 551 g/mol. The van der Waals surface area contributed by atoms with Crippen molar-refractivity contribution in [2.45, 2.75) is 32.8 Å². The number of carbonyl (C=O) groups excluding carboxylic acids is 1. The molecular formula is C29H28Cl2N4O3. The fourth-order valence-electron chi connectivity index (χ4n) is 3.63. The lowest BCUT2D eigenvalue weighted by Gasteiger charge is -2.16. The van der Waals surface area contributed by atoms with Gasteiger partial charge in [0.1, 0.15) is 17.2 Å². The van der Waals surface area contributed by atoms with Gasteiger partial charge < -0.3 is 9.47 Å². The highest BCUT2D eigenvalue weighted by atomic mass is 35.5. The molecule has 0 bridgehead atoms. The number of hydrogen-bond donors (Lipinski definition) is 1. The fourth-order valence-corrected chi connectivity index (χ4v) is 4.08. The standard InChI is InChI=1S/C29H28Cl2N4O3/c1-3-16-37-24-13-10-20(11-14-24)28-21(19-35(34-28)23-8-6-5-7-9-23)18-32-33-29(36)26(4-2)38-27-15-12-22(30)17-25(27)31/h5-15,17-19,26H,3-4,16H2,1-2H3,(H,33,36). The summed E-state index contributed by atoms with van der Waals surface area (Å²) in [7, 11) is 0. The number of nitrogens with zero attached hydrogens (tertiary/aromatic N) is 3. The van der Waals surface area contributed by atoms with Gasteiger partial charge in [0.05, 0.1) is 23.5 Å². The first kappa shape index (κ1) is 27.2. The van der Waals surface area contributed by atoms with Crippen LogP contribution in [0.3, 0.4) is 0 Å². The van der Waals surface area contributed by atoms with Crippen molar-refractivity contribution >= 4 is 35.3 Å². The van der Waals surface area contributed by atoms with Gasteiger partial charge in [-0.05, 0) is 67.4 Å². The van der Waals surface area contributed by atoms with E-state index in [4.69, 9.17) is 37.8 Å². The molecule has 7 nitrogen and oxygen atoms in total. The Hall–Kier alpha value is -3.81. The first-order chi connectivity index (χ1) is 18.5. The largest absolute Gasteiger partial charge is 0.494 e. The molecule has 1 heterocycles. The second-order valence-corrected chi connectivity index (χ2v) is 9.25. The number of aromatic nitrogens is 2. The Kier molecular flexibility index (Phi) is 9.40. The van der Waals surface area contributed by atoms with Gasteiger partial charge in [-0.25, -0.2) is 10.1 Å². The minimum atomic E-state index is -0.784. The highest BCUT2D eigenvalue weighted by molar-refractivity contribution is 6.35. The highest BCUT2D eigenvalue weighted by Crippen LogP contribution is 2.29. The minimum Gasteiger partial charge on any atom is -0.494 e. The summed E-state index contributed by atoms with van der Waals surface area (Å²) in [6, 6.07) is 22.4. The molecule has 1 N–H and O–H groups in total. The van der Waals surface area contributed by atoms with Crippen LogP contribution >= 0.6 is 23.2 Å². The minimum absolute atomic E-state index is 0.330. The van der Waals surface area contributed by atoms with Gasteiger partial charge in [-0.3, -0.25) is 4.79 Å². The van der Waals surface area contributed by atoms with Crippen LogP contribution in [0.5, 0.6) is 11.5 Å². The SMILES string of the molecule is CCCOc1ccc(-c2nn(-c3ccccc3)cc2C=NNC(=O)C(CC)Oc2ccc(Cl)cc2Cl)cc1. The zero-order valence-electron chi connectivity index (χ0n) is 21.1. The van der Waals surface area contributed by atoms with Gasteiger partial charge in [-0.1, -0.05) is 55.2 Å². The third kappa shape index (κ3) is 6.94. The monoisotopic (exact) mass is 550 g/mol. The molecule has 0 aliphatic carbocycles. The number of carbonyl (C=O) groups is 1. The maximum atomic E-state index is 12.8. The van der Waals surface area contributed by atoms with Crippen molar-refractivity contribution in [1.82, 2.24) is 15.2 Å². The molecular weight excluding hydrogens is 523 g/mol. The maximum absolute atomic E-state index is 12.8. The van der Waals surface area contributed by atoms with Crippen LogP contribution in [0.25, 0.3) is 16.9 Å². The van der Waals surface area contributed by atoms with Gasteiger partial charge in [-0.2, -0.15) is 10.2 Å². The second-order valence-electron chi connectivity index (χ2n) is 8.41. The summed E-state index contributed by atoms with van der Waals surface area (Å²) < 4.78 is 13.3. The summed E-state index contributed by atoms with van der Waals surface area (Å²) in [5.41, 5.74) is 5.81. The Labute approximate surface area is 232 Å². The van der Waals surface area contributed by atoms with Crippen molar-refractivity contribution in [2.75, 3.05) is 6.61 Å². The van der Waals surface area contributed by atoms with Crippen LogP contribution < -0.4 is 14.9 Å². The van der Waals surface area contributed by atoms with Crippen LogP contribution in [0.15, 0.2) is 84.1 Å². The van der Waals surface area contributed by atoms with E-state index < -0.39 is 12.0 Å². The van der Waals surface area contributed by atoms with E-state index in [0.717, 1.165) is 29.0 Å². The summed E-state index contributed by atoms with van der Waals surface area (Å²) >= 11 is 12.1. The van der Waals surface area contributed by atoms with Gasteiger partial charge in [0.15, 0.2) is 6.10 Å². The molecule has 0 radical (unpaired) electrons. The first-order valence-electron chi connectivity index (χ1n) is 12.3. The van der Waals surface area contributed by atoms with Crippen LogP contribution in [0.2, 0.25) is 10.0 Å². The molecule has 3 aromatic carbocycles. The number of hydrazone groups is 1. The molecule has 0 aliphatic heterocycles.